The third-order valence-corrected chi connectivity index (χ3v) is 3.72. The van der Waals surface area contributed by atoms with Crippen LogP contribution in [-0.4, -0.2) is 23.7 Å². The van der Waals surface area contributed by atoms with E-state index in [2.05, 4.69) is 5.32 Å². The maximum atomic E-state index is 13.9. The Bertz CT molecular complexity index is 567. The zero-order valence-electron chi connectivity index (χ0n) is 10.7. The molecule has 0 radical (unpaired) electrons. The number of carbonyl (C=O) groups is 1. The van der Waals surface area contributed by atoms with Gasteiger partial charge in [0.2, 0.25) is 5.91 Å². The van der Waals surface area contributed by atoms with Crippen molar-refractivity contribution in [2.75, 3.05) is 6.54 Å². The molecule has 1 saturated heterocycles. The number of amides is 1. The van der Waals surface area contributed by atoms with Crippen LogP contribution in [0.25, 0.3) is 0 Å². The molecule has 6 heteroatoms. The smallest absolute Gasteiger partial charge is 0.373 e. The molecule has 1 aliphatic heterocycles. The number of halogens is 1. The monoisotopic (exact) mass is 279 g/mol. The largest absolute Gasteiger partial charge is 0.388 e. The van der Waals surface area contributed by atoms with E-state index in [1.54, 1.807) is 0 Å². The Balaban J connectivity index is 0.000000452. The van der Waals surface area contributed by atoms with Gasteiger partial charge in [-0.25, -0.2) is 4.39 Å². The van der Waals surface area contributed by atoms with Gasteiger partial charge < -0.3 is 10.4 Å². The average molecular weight is 279 g/mol. The zero-order valence-corrected chi connectivity index (χ0v) is 10.7. The van der Waals surface area contributed by atoms with E-state index in [1.165, 1.54) is 6.07 Å². The maximum Gasteiger partial charge on any atom is 0.373 e. The molecular formula is C14H14FNO4. The number of nitrogens with one attached hydrogen (secondary N) is 1. The molecule has 1 unspecified atom stereocenters. The minimum absolute atomic E-state index is 0.0186. The summed E-state index contributed by atoms with van der Waals surface area (Å²) in [6, 6.07) is 3.26. The summed E-state index contributed by atoms with van der Waals surface area (Å²) in [6.45, 7) is 0.511. The lowest BCUT2D eigenvalue weighted by Gasteiger charge is -2.12. The molecule has 1 fully saturated rings. The summed E-state index contributed by atoms with van der Waals surface area (Å²) < 4.78 is 13.9. The minimum Gasteiger partial charge on any atom is -0.388 e. The second-order valence-electron chi connectivity index (χ2n) is 4.92. The molecule has 1 aromatic carbocycles. The Morgan fingerprint density at radius 1 is 1.30 bits per heavy atom. The van der Waals surface area contributed by atoms with Crippen LogP contribution in [-0.2, 0) is 20.8 Å². The molecule has 0 spiro atoms. The van der Waals surface area contributed by atoms with E-state index in [0.29, 0.717) is 30.5 Å². The molecule has 2 aliphatic rings. The summed E-state index contributed by atoms with van der Waals surface area (Å²) in [5, 5.41) is 12.4. The van der Waals surface area contributed by atoms with Crippen LogP contribution in [0.15, 0.2) is 12.1 Å². The second-order valence-corrected chi connectivity index (χ2v) is 4.92. The average Bonchev–Trinajstić information content (AvgIpc) is 2.97. The van der Waals surface area contributed by atoms with Crippen LogP contribution in [0.4, 0.5) is 4.39 Å². The number of hydrogen-bond donors (Lipinski definition) is 2. The fraction of sp³-hybridized carbons (Fsp3) is 0.429. The Kier molecular flexibility index (Phi) is 4.27. The molecule has 1 aromatic rings. The highest BCUT2D eigenvalue weighted by atomic mass is 19.1. The van der Waals surface area contributed by atoms with Crippen molar-refractivity contribution in [1.29, 1.82) is 0 Å². The molecule has 0 bridgehead atoms. The van der Waals surface area contributed by atoms with Crippen molar-refractivity contribution in [3.63, 3.8) is 0 Å². The third kappa shape index (κ3) is 2.76. The fourth-order valence-electron chi connectivity index (χ4n) is 2.76. The predicted molar refractivity (Wildman–Crippen MR) is 65.1 cm³/mol. The van der Waals surface area contributed by atoms with Gasteiger partial charge in [-0.1, -0.05) is 6.07 Å². The Morgan fingerprint density at radius 2 is 2.00 bits per heavy atom. The molecule has 5 nitrogen and oxygen atoms in total. The first-order valence-electron chi connectivity index (χ1n) is 6.33. The van der Waals surface area contributed by atoms with Gasteiger partial charge in [0.25, 0.3) is 0 Å². The molecule has 0 saturated carbocycles. The summed E-state index contributed by atoms with van der Waals surface area (Å²) in [4.78, 5) is 27.4. The van der Waals surface area contributed by atoms with E-state index in [-0.39, 0.29) is 23.8 Å². The highest BCUT2D eigenvalue weighted by Crippen LogP contribution is 2.35. The molecule has 2 N–H and O–H groups in total. The molecule has 1 amide bonds. The normalized spacial score (nSPS) is 23.4. The van der Waals surface area contributed by atoms with Gasteiger partial charge in [-0.2, -0.15) is 9.59 Å². The van der Waals surface area contributed by atoms with Crippen molar-refractivity contribution < 1.29 is 23.9 Å². The summed E-state index contributed by atoms with van der Waals surface area (Å²) in [6.07, 6.45) is 1.54. The van der Waals surface area contributed by atoms with Crippen LogP contribution in [0.2, 0.25) is 0 Å². The van der Waals surface area contributed by atoms with E-state index in [4.69, 9.17) is 9.59 Å². The Morgan fingerprint density at radius 3 is 2.60 bits per heavy atom. The first-order chi connectivity index (χ1) is 9.56. The van der Waals surface area contributed by atoms with E-state index in [1.807, 2.05) is 6.07 Å². The van der Waals surface area contributed by atoms with Crippen LogP contribution in [0.1, 0.15) is 41.6 Å². The van der Waals surface area contributed by atoms with Crippen LogP contribution < -0.4 is 5.32 Å². The topological polar surface area (TPSA) is 83.5 Å². The summed E-state index contributed by atoms with van der Waals surface area (Å²) in [5.41, 5.74) is 2.34. The fourth-order valence-corrected chi connectivity index (χ4v) is 2.76. The van der Waals surface area contributed by atoms with Crippen molar-refractivity contribution in [2.45, 2.75) is 31.3 Å². The van der Waals surface area contributed by atoms with E-state index in [9.17, 15) is 14.3 Å². The number of rotatable bonds is 1. The molecule has 2 atom stereocenters. The highest BCUT2D eigenvalue weighted by molar-refractivity contribution is 5.79. The number of aliphatic hydroxyl groups is 1. The third-order valence-electron chi connectivity index (χ3n) is 3.72. The lowest BCUT2D eigenvalue weighted by atomic mass is 9.94. The second kappa shape index (κ2) is 5.94. The van der Waals surface area contributed by atoms with Gasteiger partial charge in [0.05, 0.1) is 6.10 Å². The number of aliphatic hydroxyl groups excluding tert-OH is 1. The van der Waals surface area contributed by atoms with E-state index >= 15 is 0 Å². The van der Waals surface area contributed by atoms with E-state index in [0.717, 1.165) is 12.0 Å². The van der Waals surface area contributed by atoms with Crippen LogP contribution in [0, 0.1) is 5.82 Å². The van der Waals surface area contributed by atoms with Crippen molar-refractivity contribution in [3.05, 3.63) is 34.6 Å². The summed E-state index contributed by atoms with van der Waals surface area (Å²) >= 11 is 0. The standard InChI is InChI=1S/C13H14FNO2.CO2/c14-11-5-10-7(1-2-12(10)16)3-9(11)8-4-13(17)15-6-8;2-1-3/h3,5,8,12,16H,1-2,4,6H2,(H,15,17);/t8-,12?;/m0./s1. The molecule has 1 heterocycles. The number of fused-ring (bicyclic) bond motifs is 1. The van der Waals surface area contributed by atoms with Crippen LogP contribution in [0.3, 0.4) is 0 Å². The Hall–Kier alpha value is -2.04. The first kappa shape index (κ1) is 14.4. The molecule has 3 rings (SSSR count). The first-order valence-corrected chi connectivity index (χ1v) is 6.33. The number of benzene rings is 1. The minimum atomic E-state index is -0.531. The Labute approximate surface area is 114 Å². The van der Waals surface area contributed by atoms with Crippen molar-refractivity contribution in [2.24, 2.45) is 0 Å². The lowest BCUT2D eigenvalue weighted by molar-refractivity contribution is -0.191. The van der Waals surface area contributed by atoms with Gasteiger partial charge in [-0.15, -0.1) is 0 Å². The molecular weight excluding hydrogens is 265 g/mol. The molecule has 0 aromatic heterocycles. The number of carbonyl (C=O) groups excluding carboxylic acids is 3. The number of hydrogen-bond acceptors (Lipinski definition) is 4. The van der Waals surface area contributed by atoms with E-state index < -0.39 is 6.10 Å². The molecule has 1 aliphatic carbocycles. The van der Waals surface area contributed by atoms with Crippen molar-refractivity contribution >= 4 is 12.1 Å². The van der Waals surface area contributed by atoms with Gasteiger partial charge >= 0.3 is 6.15 Å². The maximum absolute atomic E-state index is 13.9. The lowest BCUT2D eigenvalue weighted by Crippen LogP contribution is -2.13. The highest BCUT2D eigenvalue weighted by Gasteiger charge is 2.29. The van der Waals surface area contributed by atoms with Crippen molar-refractivity contribution in [3.8, 4) is 0 Å². The summed E-state index contributed by atoms with van der Waals surface area (Å²) in [7, 11) is 0. The van der Waals surface area contributed by atoms with Gasteiger partial charge in [-0.05, 0) is 35.6 Å². The zero-order chi connectivity index (χ0) is 14.7. The van der Waals surface area contributed by atoms with Gasteiger partial charge in [0.15, 0.2) is 0 Å². The van der Waals surface area contributed by atoms with Crippen molar-refractivity contribution in [1.82, 2.24) is 5.32 Å². The molecule has 20 heavy (non-hydrogen) atoms. The SMILES string of the molecule is O=C1C[C@H](c2cc3c(cc2F)C(O)CC3)CN1.O=C=O. The van der Waals surface area contributed by atoms with Crippen LogP contribution in [0.5, 0.6) is 0 Å². The quantitative estimate of drug-likeness (QED) is 0.797. The van der Waals surface area contributed by atoms with Gasteiger partial charge in [0.1, 0.15) is 5.82 Å². The van der Waals surface area contributed by atoms with Crippen LogP contribution >= 0.6 is 0 Å². The predicted octanol–water partition coefficient (Wildman–Crippen LogP) is 0.825. The summed E-state index contributed by atoms with van der Waals surface area (Å²) in [5.74, 6) is -0.383. The number of aryl methyl sites for hydroxylation is 1. The van der Waals surface area contributed by atoms with Gasteiger partial charge in [0, 0.05) is 18.9 Å². The van der Waals surface area contributed by atoms with Gasteiger partial charge in [-0.3, -0.25) is 4.79 Å². The molecule has 106 valence electrons.